The van der Waals surface area contributed by atoms with Crippen molar-refractivity contribution >= 4 is 30.7 Å². The van der Waals surface area contributed by atoms with Crippen LogP contribution in [0, 0.1) is 6.92 Å². The summed E-state index contributed by atoms with van der Waals surface area (Å²) in [5, 5.41) is 0. The van der Waals surface area contributed by atoms with Crippen LogP contribution in [0.3, 0.4) is 0 Å². The number of likely N-dealkylation sites (tertiary alicyclic amines) is 1. The highest BCUT2D eigenvalue weighted by Crippen LogP contribution is 2.21. The molecular formula is C18H23Cl2N3O. The van der Waals surface area contributed by atoms with Gasteiger partial charge in [-0.2, -0.15) is 0 Å². The molecule has 6 heteroatoms. The molecule has 1 amide bonds. The quantitative estimate of drug-likeness (QED) is 0.883. The van der Waals surface area contributed by atoms with Gasteiger partial charge in [0, 0.05) is 37.1 Å². The van der Waals surface area contributed by atoms with Crippen molar-refractivity contribution in [2.24, 2.45) is 5.73 Å². The van der Waals surface area contributed by atoms with Crippen LogP contribution in [-0.2, 0) is 0 Å². The van der Waals surface area contributed by atoms with E-state index in [0.29, 0.717) is 5.56 Å². The lowest BCUT2D eigenvalue weighted by Gasteiger charge is -2.30. The van der Waals surface area contributed by atoms with Crippen LogP contribution in [0.1, 0.15) is 28.8 Å². The molecule has 0 radical (unpaired) electrons. The second-order valence-electron chi connectivity index (χ2n) is 5.96. The van der Waals surface area contributed by atoms with Crippen LogP contribution in [0.25, 0.3) is 11.1 Å². The third kappa shape index (κ3) is 4.69. The number of aryl methyl sites for hydroxylation is 1. The number of hydrogen-bond donors (Lipinski definition) is 1. The Morgan fingerprint density at radius 2 is 1.71 bits per heavy atom. The Morgan fingerprint density at radius 1 is 1.08 bits per heavy atom. The van der Waals surface area contributed by atoms with Crippen molar-refractivity contribution in [2.75, 3.05) is 13.1 Å². The van der Waals surface area contributed by atoms with Crippen molar-refractivity contribution in [1.82, 2.24) is 9.88 Å². The summed E-state index contributed by atoms with van der Waals surface area (Å²) in [6, 6.07) is 10.4. The summed E-state index contributed by atoms with van der Waals surface area (Å²) >= 11 is 0. The van der Waals surface area contributed by atoms with E-state index in [-0.39, 0.29) is 36.8 Å². The summed E-state index contributed by atoms with van der Waals surface area (Å²) in [5.41, 5.74) is 9.81. The number of carbonyl (C=O) groups excluding carboxylic acids is 1. The van der Waals surface area contributed by atoms with Crippen LogP contribution in [0.15, 0.2) is 42.7 Å². The number of pyridine rings is 1. The standard InChI is InChI=1S/C18H21N3O.2ClH/c1-13-2-4-14(5-3-13)15-10-16(12-20-11-15)18(22)21-8-6-17(19)7-9-21;;/h2-5,10-12,17H,6-9,19H2,1H3;2*1H. The molecule has 2 heterocycles. The highest BCUT2D eigenvalue weighted by atomic mass is 35.5. The van der Waals surface area contributed by atoms with Crippen LogP contribution in [-0.4, -0.2) is 34.9 Å². The molecule has 0 bridgehead atoms. The molecule has 1 aliphatic heterocycles. The van der Waals surface area contributed by atoms with E-state index in [1.807, 2.05) is 11.0 Å². The fraction of sp³-hybridized carbons (Fsp3) is 0.333. The Kier molecular flexibility index (Phi) is 7.67. The summed E-state index contributed by atoms with van der Waals surface area (Å²) in [7, 11) is 0. The maximum Gasteiger partial charge on any atom is 0.255 e. The van der Waals surface area contributed by atoms with Crippen molar-refractivity contribution in [3.05, 3.63) is 53.9 Å². The smallest absolute Gasteiger partial charge is 0.255 e. The second kappa shape index (κ2) is 9.02. The Bertz CT molecular complexity index is 668. The molecule has 1 aromatic heterocycles. The van der Waals surface area contributed by atoms with E-state index in [2.05, 4.69) is 36.2 Å². The lowest BCUT2D eigenvalue weighted by Crippen LogP contribution is -2.42. The molecular weight excluding hydrogens is 345 g/mol. The summed E-state index contributed by atoms with van der Waals surface area (Å²) in [5.74, 6) is 0.0494. The molecule has 3 rings (SSSR count). The van der Waals surface area contributed by atoms with E-state index in [4.69, 9.17) is 5.73 Å². The fourth-order valence-corrected chi connectivity index (χ4v) is 2.75. The van der Waals surface area contributed by atoms with Crippen molar-refractivity contribution in [3.63, 3.8) is 0 Å². The van der Waals surface area contributed by atoms with Crippen LogP contribution >= 0.6 is 24.8 Å². The number of carbonyl (C=O) groups is 1. The number of halogens is 2. The van der Waals surface area contributed by atoms with Gasteiger partial charge in [0.2, 0.25) is 0 Å². The topological polar surface area (TPSA) is 59.2 Å². The van der Waals surface area contributed by atoms with Crippen LogP contribution in [0.4, 0.5) is 0 Å². The predicted molar refractivity (Wildman–Crippen MR) is 102 cm³/mol. The van der Waals surface area contributed by atoms with E-state index in [1.54, 1.807) is 12.4 Å². The van der Waals surface area contributed by atoms with Crippen molar-refractivity contribution in [2.45, 2.75) is 25.8 Å². The molecule has 24 heavy (non-hydrogen) atoms. The first kappa shape index (κ1) is 20.4. The van der Waals surface area contributed by atoms with Gasteiger partial charge in [0.1, 0.15) is 0 Å². The van der Waals surface area contributed by atoms with Gasteiger partial charge < -0.3 is 10.6 Å². The van der Waals surface area contributed by atoms with E-state index in [1.165, 1.54) is 5.56 Å². The first-order valence-electron chi connectivity index (χ1n) is 7.70. The van der Waals surface area contributed by atoms with E-state index in [0.717, 1.165) is 37.1 Å². The summed E-state index contributed by atoms with van der Waals surface area (Å²) < 4.78 is 0. The third-order valence-electron chi connectivity index (χ3n) is 4.20. The fourth-order valence-electron chi connectivity index (χ4n) is 2.75. The molecule has 2 aromatic rings. The minimum atomic E-state index is 0. The minimum absolute atomic E-state index is 0. The molecule has 0 unspecified atom stereocenters. The SMILES string of the molecule is Cc1ccc(-c2cncc(C(=O)N3CCC(N)CC3)c2)cc1.Cl.Cl. The molecule has 4 nitrogen and oxygen atoms in total. The van der Waals surface area contributed by atoms with Crippen molar-refractivity contribution < 1.29 is 4.79 Å². The molecule has 0 saturated carbocycles. The zero-order valence-electron chi connectivity index (χ0n) is 13.6. The molecule has 1 saturated heterocycles. The molecule has 130 valence electrons. The van der Waals surface area contributed by atoms with Gasteiger partial charge in [-0.3, -0.25) is 9.78 Å². The summed E-state index contributed by atoms with van der Waals surface area (Å²) in [6.45, 7) is 3.52. The zero-order chi connectivity index (χ0) is 15.5. The maximum atomic E-state index is 12.6. The number of aromatic nitrogens is 1. The molecule has 1 aliphatic rings. The first-order chi connectivity index (χ1) is 10.6. The first-order valence-corrected chi connectivity index (χ1v) is 7.70. The number of hydrogen-bond acceptors (Lipinski definition) is 3. The van der Waals surface area contributed by atoms with Gasteiger partial charge in [-0.15, -0.1) is 24.8 Å². The van der Waals surface area contributed by atoms with E-state index < -0.39 is 0 Å². The van der Waals surface area contributed by atoms with Gasteiger partial charge in [0.05, 0.1) is 5.56 Å². The summed E-state index contributed by atoms with van der Waals surface area (Å²) in [6.07, 6.45) is 5.19. The van der Waals surface area contributed by atoms with Gasteiger partial charge in [-0.1, -0.05) is 29.8 Å². The molecule has 0 atom stereocenters. The Labute approximate surface area is 155 Å². The highest BCUT2D eigenvalue weighted by molar-refractivity contribution is 5.95. The lowest BCUT2D eigenvalue weighted by molar-refractivity contribution is 0.0714. The predicted octanol–water partition coefficient (Wildman–Crippen LogP) is 3.46. The van der Waals surface area contributed by atoms with Crippen LogP contribution in [0.5, 0.6) is 0 Å². The Morgan fingerprint density at radius 3 is 2.33 bits per heavy atom. The third-order valence-corrected chi connectivity index (χ3v) is 4.20. The highest BCUT2D eigenvalue weighted by Gasteiger charge is 2.22. The number of nitrogens with two attached hydrogens (primary N) is 1. The zero-order valence-corrected chi connectivity index (χ0v) is 15.3. The molecule has 2 N–H and O–H groups in total. The monoisotopic (exact) mass is 367 g/mol. The average Bonchev–Trinajstić information content (AvgIpc) is 2.56. The molecule has 0 aliphatic carbocycles. The Hall–Kier alpha value is -1.62. The number of rotatable bonds is 2. The van der Waals surface area contributed by atoms with Gasteiger partial charge in [-0.25, -0.2) is 0 Å². The molecule has 0 spiro atoms. The van der Waals surface area contributed by atoms with Crippen molar-refractivity contribution in [1.29, 1.82) is 0 Å². The van der Waals surface area contributed by atoms with Crippen molar-refractivity contribution in [3.8, 4) is 11.1 Å². The maximum absolute atomic E-state index is 12.6. The van der Waals surface area contributed by atoms with E-state index >= 15 is 0 Å². The largest absolute Gasteiger partial charge is 0.338 e. The molecule has 1 fully saturated rings. The number of piperidine rings is 1. The summed E-state index contributed by atoms with van der Waals surface area (Å²) in [4.78, 5) is 18.7. The average molecular weight is 368 g/mol. The van der Waals surface area contributed by atoms with Crippen LogP contribution in [0.2, 0.25) is 0 Å². The number of benzene rings is 1. The van der Waals surface area contributed by atoms with Crippen LogP contribution < -0.4 is 5.73 Å². The van der Waals surface area contributed by atoms with Gasteiger partial charge in [0.15, 0.2) is 0 Å². The van der Waals surface area contributed by atoms with Gasteiger partial charge in [0.25, 0.3) is 5.91 Å². The minimum Gasteiger partial charge on any atom is -0.338 e. The lowest BCUT2D eigenvalue weighted by atomic mass is 10.0. The number of nitrogens with zero attached hydrogens (tertiary/aromatic N) is 2. The van der Waals surface area contributed by atoms with E-state index in [9.17, 15) is 4.79 Å². The second-order valence-corrected chi connectivity index (χ2v) is 5.96. The van der Waals surface area contributed by atoms with Gasteiger partial charge in [-0.05, 0) is 31.4 Å². The van der Waals surface area contributed by atoms with Gasteiger partial charge >= 0.3 is 0 Å². The number of amides is 1. The Balaban J connectivity index is 0.00000144. The molecule has 1 aromatic carbocycles. The normalized spacial score (nSPS) is 14.5.